The monoisotopic (exact) mass is 1950 g/mol. The zero-order valence-electron chi connectivity index (χ0n) is 84.8. The number of aryl methyl sites for hydroxylation is 5. The predicted octanol–water partition coefficient (Wildman–Crippen LogP) is 11.5. The summed E-state index contributed by atoms with van der Waals surface area (Å²) in [5.74, 6) is 8.50. The fourth-order valence-electron chi connectivity index (χ4n) is 25.6. The number of para-hydroxylation sites is 5. The summed E-state index contributed by atoms with van der Waals surface area (Å²) in [5.41, 5.74) is 11.4. The predicted molar refractivity (Wildman–Crippen MR) is 544 cm³/mol. The van der Waals surface area contributed by atoms with E-state index in [9.17, 15) is 33.2 Å². The second kappa shape index (κ2) is 36.9. The fourth-order valence-corrected chi connectivity index (χ4v) is 25.9. The Morgan fingerprint density at radius 2 is 0.725 bits per heavy atom. The van der Waals surface area contributed by atoms with Crippen molar-refractivity contribution >= 4 is 107 Å². The van der Waals surface area contributed by atoms with Gasteiger partial charge in [-0.25, -0.2) is 8.91 Å². The van der Waals surface area contributed by atoms with Gasteiger partial charge < -0.3 is 73.1 Å². The standard InChI is InChI=1S/C21H28N4O2.C19H23N3O2.C18H24N4O.C17H21ClN4O.C17H21FN4O.C17H22N4O/c1-21(2,23-20(26)18-15-11-22-12-16(15)18)19-14-5-3-4-6-17(14)25(24-19)13-7-9-27-10-8-13;1-19(2,21-18(23)15-13-8-20-9-14(13)15)17-12-5-3-4-11(10-6-7-10)16(12)24-22-17;1-10-6-5-7-11-15(10)22(4)21-16(11)18(2,3)20-17(23)14-12-8-19-9-13(12)14;2*1-17(2,20-16(23)13-10-7-19-8-11(10)13)15-9-5-4-6-12(18)14(9)22(3)21-15;1-10-5-4-6-14-13(9-19-21(10)14)17(2,3)20-16(22)15-11-7-18-8-12(11)15/h3-6,13,15-16,18,22H,7-12H2,1-2H3,(H,23,26);3-5,10,13-15,20H,6-9H2,1-2H3,(H,21,23);5-7,12-14,19H,8-9H2,1-4H3,(H,20,23);2*4-6,10-11,13,19H,7-8H2,1-3H3,(H,20,23);4-6,9,11-12,15,18H,7-8H2,1-3H3,(H,20,22)/t15-,16+,18?;13-,14+,15?;12-,13+,14?;2*10-,11+,13?;11-,12+,15?. The van der Waals surface area contributed by atoms with Gasteiger partial charge in [0.25, 0.3) is 0 Å². The van der Waals surface area contributed by atoms with Gasteiger partial charge in [0.2, 0.25) is 35.4 Å². The average molecular weight is 1950 g/mol. The number of amides is 6. The van der Waals surface area contributed by atoms with Gasteiger partial charge in [0.1, 0.15) is 17.0 Å². The second-order valence-corrected chi connectivity index (χ2v) is 46.5. The SMILES string of the molecule is CC(C)(NC(=O)C1[C@H]2CNC[C@@H]12)c1nn(C2CCOCC2)c2ccccc12.CC(C)(NC(=O)C1[C@H]2CNC[C@@H]12)c1noc2c(C3CC3)cccc12.Cc1cccc2c(C(C)(C)NC(=O)C3[C@H]4CNC[C@@H]34)cnn12.Cc1cccc2c(C(C)(C)NC(=O)C3[C@H]4CNC[C@@H]34)nn(C)c12.Cn1nc(C(C)(C)NC(=O)C2[C@H]3CNC[C@@H]23)c2cccc(Cl)c21.Cn1nc(C(C)(C)NC(=O)C2[C@H]3CNC[C@@H]23)c2cccc(F)c21. The second-order valence-electron chi connectivity index (χ2n) is 46.1. The lowest BCUT2D eigenvalue weighted by molar-refractivity contribution is -0.125. The highest BCUT2D eigenvalue weighted by molar-refractivity contribution is 6.35. The molecule has 6 amide bonds. The first kappa shape index (κ1) is 97.0. The van der Waals surface area contributed by atoms with Crippen LogP contribution >= 0.6 is 11.6 Å². The van der Waals surface area contributed by atoms with Crippen LogP contribution in [-0.4, -0.2) is 181 Å². The number of rotatable bonds is 20. The van der Waals surface area contributed by atoms with E-state index in [4.69, 9.17) is 31.1 Å². The minimum Gasteiger partial charge on any atom is -0.381 e. The molecule has 18 atom stereocenters. The van der Waals surface area contributed by atoms with Crippen LogP contribution in [0.25, 0.3) is 60.1 Å². The van der Waals surface area contributed by atoms with Crippen LogP contribution in [0, 0.1) is 126 Å². The number of benzene rings is 5. The third-order valence-corrected chi connectivity index (χ3v) is 34.0. The van der Waals surface area contributed by atoms with Crippen LogP contribution in [0.4, 0.5) is 4.39 Å². The maximum Gasteiger partial charge on any atom is 0.224 e. The molecule has 0 bridgehead atoms. The first-order valence-corrected chi connectivity index (χ1v) is 51.9. The molecule has 12 aromatic rings. The molecule has 31 nitrogen and oxygen atoms in total. The molecule has 142 heavy (non-hydrogen) atoms. The van der Waals surface area contributed by atoms with E-state index in [1.54, 1.807) is 22.5 Å². The number of piperidine rings is 6. The Bertz CT molecular complexity index is 6550. The Hall–Kier alpha value is -11.1. The first-order chi connectivity index (χ1) is 67.8. The zero-order chi connectivity index (χ0) is 99.6. The van der Waals surface area contributed by atoms with E-state index in [1.807, 2.05) is 128 Å². The number of ether oxygens (including phenoxy) is 1. The molecule has 7 aliphatic carbocycles. The first-order valence-electron chi connectivity index (χ1n) is 51.5. The highest BCUT2D eigenvalue weighted by Gasteiger charge is 2.63. The summed E-state index contributed by atoms with van der Waals surface area (Å²) >= 11 is 6.30. The van der Waals surface area contributed by atoms with E-state index in [0.29, 0.717) is 99.2 Å². The van der Waals surface area contributed by atoms with Crippen LogP contribution in [0.3, 0.4) is 0 Å². The number of aromatic nitrogens is 11. The van der Waals surface area contributed by atoms with Gasteiger partial charge in [-0.05, 0) is 320 Å². The smallest absolute Gasteiger partial charge is 0.224 e. The average Bonchev–Trinajstić information content (AvgIpc) is 1.59. The van der Waals surface area contributed by atoms with Gasteiger partial charge in [0.05, 0.1) is 95.3 Å². The van der Waals surface area contributed by atoms with Crippen LogP contribution in [-0.2, 0) is 87.9 Å². The third kappa shape index (κ3) is 18.1. The minimum absolute atomic E-state index is 0.0849. The molecule has 7 saturated heterocycles. The molecule has 0 spiro atoms. The lowest BCUT2D eigenvalue weighted by Crippen LogP contribution is -2.43. The normalized spacial score (nSPS) is 27.2. The van der Waals surface area contributed by atoms with Crippen molar-refractivity contribution in [1.82, 2.24) is 118 Å². The Kier molecular flexibility index (Phi) is 25.2. The quantitative estimate of drug-likeness (QED) is 0.0337. The Morgan fingerprint density at radius 3 is 1.17 bits per heavy atom. The molecule has 752 valence electrons. The van der Waals surface area contributed by atoms with Gasteiger partial charge in [-0.3, -0.25) is 47.5 Å². The summed E-state index contributed by atoms with van der Waals surface area (Å²) in [6, 6.07) is 38.1. The fraction of sp³-hybridized carbons (Fsp3) is 0.560. The highest BCUT2D eigenvalue weighted by Crippen LogP contribution is 2.55. The van der Waals surface area contributed by atoms with Crippen molar-refractivity contribution in [3.63, 3.8) is 0 Å². The lowest BCUT2D eigenvalue weighted by Gasteiger charge is -2.26. The molecule has 12 N–H and O–H groups in total. The van der Waals surface area contributed by atoms with Gasteiger partial charge in [-0.1, -0.05) is 95.6 Å². The Labute approximate surface area is 832 Å². The van der Waals surface area contributed by atoms with Crippen molar-refractivity contribution in [3.05, 3.63) is 183 Å². The molecule has 33 heteroatoms. The molecule has 14 heterocycles. The maximum atomic E-state index is 14.1. The minimum atomic E-state index is -0.644. The Balaban J connectivity index is 0.000000101. The van der Waals surface area contributed by atoms with E-state index >= 15 is 0 Å². The summed E-state index contributed by atoms with van der Waals surface area (Å²) in [5, 5.41) is 72.7. The zero-order valence-corrected chi connectivity index (χ0v) is 85.5. The van der Waals surface area contributed by atoms with Crippen molar-refractivity contribution in [3.8, 4) is 0 Å². The highest BCUT2D eigenvalue weighted by atomic mass is 35.5. The number of nitrogens with zero attached hydrogens (tertiary/aromatic N) is 11. The van der Waals surface area contributed by atoms with E-state index in [1.165, 1.54) is 30.0 Å². The van der Waals surface area contributed by atoms with Crippen molar-refractivity contribution in [2.24, 2.45) is 128 Å². The van der Waals surface area contributed by atoms with E-state index in [-0.39, 0.29) is 76.8 Å². The van der Waals surface area contributed by atoms with Crippen LogP contribution in [0.5, 0.6) is 0 Å². The number of nitrogens with one attached hydrogen (secondary N) is 12. The summed E-state index contributed by atoms with van der Waals surface area (Å²) in [4.78, 5) is 75.9. The summed E-state index contributed by atoms with van der Waals surface area (Å²) in [6.07, 6.45) is 6.30. The number of pyridine rings is 1. The molecule has 7 aromatic heterocycles. The lowest BCUT2D eigenvalue weighted by atomic mass is 9.95. The maximum absolute atomic E-state index is 14.1. The molecule has 6 unspecified atom stereocenters. The molecular formula is C109H139ClFN23O8. The molecule has 26 rings (SSSR count). The van der Waals surface area contributed by atoms with E-state index in [0.717, 1.165) is 193 Å². The summed E-state index contributed by atoms with van der Waals surface area (Å²) < 4.78 is 34.6. The van der Waals surface area contributed by atoms with Gasteiger partial charge in [-0.15, -0.1) is 0 Å². The van der Waals surface area contributed by atoms with Gasteiger partial charge >= 0.3 is 0 Å². The summed E-state index contributed by atoms with van der Waals surface area (Å²) in [7, 11) is 5.57. The van der Waals surface area contributed by atoms with E-state index in [2.05, 4.69) is 190 Å². The molecule has 5 aromatic carbocycles. The van der Waals surface area contributed by atoms with E-state index < -0.39 is 33.2 Å². The topological polar surface area (TPSA) is 371 Å². The van der Waals surface area contributed by atoms with Crippen molar-refractivity contribution < 1.29 is 42.4 Å². The largest absolute Gasteiger partial charge is 0.381 e. The van der Waals surface area contributed by atoms with Crippen molar-refractivity contribution in [1.29, 1.82) is 0 Å². The van der Waals surface area contributed by atoms with Gasteiger partial charge in [0, 0.05) is 114 Å². The molecule has 7 aliphatic heterocycles. The summed E-state index contributed by atoms with van der Waals surface area (Å²) in [6.45, 7) is 41.6. The number of carbonyl (C=O) groups excluding carboxylic acids is 6. The molecular weight excluding hydrogens is 1810 g/mol. The molecule has 14 fully saturated rings. The third-order valence-electron chi connectivity index (χ3n) is 33.7. The van der Waals surface area contributed by atoms with Gasteiger partial charge in [-0.2, -0.15) is 25.5 Å². The number of carbonyl (C=O) groups is 6. The van der Waals surface area contributed by atoms with Crippen LogP contribution in [0.2, 0.25) is 5.02 Å². The van der Waals surface area contributed by atoms with Gasteiger partial charge in [0.15, 0.2) is 5.58 Å². The van der Waals surface area contributed by atoms with Crippen molar-refractivity contribution in [2.45, 2.75) is 168 Å². The number of halogens is 2. The number of hydrogen-bond acceptors (Lipinski definition) is 20. The Morgan fingerprint density at radius 1 is 0.380 bits per heavy atom. The van der Waals surface area contributed by atoms with Crippen LogP contribution in [0.1, 0.15) is 172 Å². The number of hydrogen-bond donors (Lipinski definition) is 12. The van der Waals surface area contributed by atoms with Crippen LogP contribution in [0.15, 0.2) is 126 Å². The van der Waals surface area contributed by atoms with Crippen LogP contribution < -0.4 is 63.8 Å². The molecule has 0 radical (unpaired) electrons. The van der Waals surface area contributed by atoms with Crippen molar-refractivity contribution in [2.75, 3.05) is 91.8 Å². The molecule has 14 aliphatic rings. The molecule has 7 saturated carbocycles. The number of fused-ring (bicyclic) bond motifs is 12.